The monoisotopic (exact) mass is 1960 g/mol. The largest absolute Gasteiger partial charge is 0.488 e. The van der Waals surface area contributed by atoms with Crippen LogP contribution in [0.5, 0.6) is 34.5 Å². The summed E-state index contributed by atoms with van der Waals surface area (Å²) in [6.45, 7) is 17.6. The lowest BCUT2D eigenvalue weighted by atomic mass is 9.87. The number of halogens is 14. The number of aryl methyl sites for hydroxylation is 2. The maximum atomic E-state index is 10.3. The normalized spacial score (nSPS) is 12.2. The van der Waals surface area contributed by atoms with Crippen LogP contribution < -0.4 is 28.4 Å². The Morgan fingerprint density at radius 3 is 0.615 bits per heavy atom. The predicted octanol–water partition coefficient (Wildman–Crippen LogP) is 21.4. The third-order valence-corrected chi connectivity index (χ3v) is 18.4. The third-order valence-electron chi connectivity index (χ3n) is 10.5. The smallest absolute Gasteiger partial charge is 0.147 e. The standard InChI is InChI=1S/2C19H19Br5O3.C17H16Br4O3/c2*1-19(2,3)10-4-13(21)17(14(22)5-10)26-8-12(25)9-27-18-15(23)6-11(20)7-16(18)24;1-9-3-12(18)16(13(19)4-9)23-7-11(22)8-24-17-14(20)5-10(2)6-15(17)21/h2*4-7,12,25H,8-9H2,1-3H3;3-6,11,22H,7-8H2,1-2H3. The van der Waals surface area contributed by atoms with Gasteiger partial charge in [-0.25, -0.2) is 0 Å². The van der Waals surface area contributed by atoms with Crippen LogP contribution in [0.4, 0.5) is 0 Å². The van der Waals surface area contributed by atoms with E-state index >= 15 is 0 Å². The summed E-state index contributed by atoms with van der Waals surface area (Å²) >= 11 is 48.8. The average molecular weight is 1980 g/mol. The molecule has 9 nitrogen and oxygen atoms in total. The lowest BCUT2D eigenvalue weighted by Gasteiger charge is -2.22. The molecule has 0 aliphatic carbocycles. The minimum atomic E-state index is -0.784. The van der Waals surface area contributed by atoms with Crippen LogP contribution in [0.3, 0.4) is 0 Å². The molecule has 6 rings (SSSR count). The van der Waals surface area contributed by atoms with Crippen molar-refractivity contribution in [1.82, 2.24) is 0 Å². The molecule has 23 heteroatoms. The molecule has 6 aromatic carbocycles. The van der Waals surface area contributed by atoms with Gasteiger partial charge in [0.1, 0.15) is 92.5 Å². The average Bonchev–Trinajstić information content (AvgIpc) is 3.29. The van der Waals surface area contributed by atoms with Gasteiger partial charge in [-0.3, -0.25) is 0 Å². The van der Waals surface area contributed by atoms with Crippen molar-refractivity contribution in [1.29, 1.82) is 0 Å². The number of hydrogen-bond donors (Lipinski definition) is 3. The topological polar surface area (TPSA) is 116 Å². The van der Waals surface area contributed by atoms with E-state index in [9.17, 15) is 15.3 Å². The molecule has 0 aliphatic heterocycles. The molecule has 0 radical (unpaired) electrons. The molecule has 2 unspecified atom stereocenters. The first-order valence-electron chi connectivity index (χ1n) is 23.3. The van der Waals surface area contributed by atoms with Gasteiger partial charge >= 0.3 is 0 Å². The molecular formula is C55H54Br14O9. The van der Waals surface area contributed by atoms with Crippen molar-refractivity contribution in [2.24, 2.45) is 0 Å². The molecule has 0 fully saturated rings. The van der Waals surface area contributed by atoms with E-state index in [1.807, 2.05) is 86.6 Å². The molecule has 0 saturated carbocycles. The van der Waals surface area contributed by atoms with Gasteiger partial charge in [0.05, 0.1) is 53.7 Å². The number of aliphatic hydroxyl groups excluding tert-OH is 3. The zero-order valence-electron chi connectivity index (χ0n) is 43.0. The molecular weight excluding hydrogens is 1920 g/mol. The molecule has 3 N–H and O–H groups in total. The van der Waals surface area contributed by atoms with Gasteiger partial charge in [-0.1, -0.05) is 73.4 Å². The molecule has 0 bridgehead atoms. The van der Waals surface area contributed by atoms with Gasteiger partial charge in [0.15, 0.2) is 0 Å². The second-order valence-corrected chi connectivity index (χ2v) is 31.5. The van der Waals surface area contributed by atoms with Crippen LogP contribution in [0.2, 0.25) is 0 Å². The van der Waals surface area contributed by atoms with Gasteiger partial charge in [-0.15, -0.1) is 0 Å². The van der Waals surface area contributed by atoms with Crippen molar-refractivity contribution in [3.63, 3.8) is 0 Å². The van der Waals surface area contributed by atoms with E-state index in [0.29, 0.717) is 34.5 Å². The van der Waals surface area contributed by atoms with Crippen LogP contribution >= 0.6 is 223 Å². The van der Waals surface area contributed by atoms with Crippen molar-refractivity contribution in [3.8, 4) is 34.5 Å². The Hall–Kier alpha value is 0.720. The number of rotatable bonds is 18. The minimum Gasteiger partial charge on any atom is -0.488 e. The zero-order chi connectivity index (χ0) is 58.6. The highest BCUT2D eigenvalue weighted by Gasteiger charge is 2.22. The first kappa shape index (κ1) is 71.2. The maximum Gasteiger partial charge on any atom is 0.147 e. The summed E-state index contributed by atoms with van der Waals surface area (Å²) in [5, 5.41) is 30.6. The molecule has 0 aromatic heterocycles. The Bertz CT molecular complexity index is 2660. The fourth-order valence-electron chi connectivity index (χ4n) is 6.47. The Labute approximate surface area is 575 Å². The maximum absolute atomic E-state index is 10.3. The fourth-order valence-corrected chi connectivity index (χ4v) is 17.6. The summed E-state index contributed by atoms with van der Waals surface area (Å²) in [5.41, 5.74) is 4.65. The van der Waals surface area contributed by atoms with Crippen molar-refractivity contribution in [2.45, 2.75) is 84.5 Å². The Kier molecular flexibility index (Phi) is 30.1. The molecule has 0 aliphatic rings. The Morgan fingerprint density at radius 1 is 0.295 bits per heavy atom. The quantitative estimate of drug-likeness (QED) is 0.0774. The van der Waals surface area contributed by atoms with Gasteiger partial charge in [0.2, 0.25) is 0 Å². The van der Waals surface area contributed by atoms with E-state index in [1.165, 1.54) is 11.1 Å². The molecule has 2 atom stereocenters. The van der Waals surface area contributed by atoms with E-state index in [4.69, 9.17) is 28.4 Å². The Balaban J connectivity index is 0.000000253. The lowest BCUT2D eigenvalue weighted by Crippen LogP contribution is -2.25. The highest BCUT2D eigenvalue weighted by Crippen LogP contribution is 2.42. The first-order valence-corrected chi connectivity index (χ1v) is 34.4. The van der Waals surface area contributed by atoms with E-state index in [2.05, 4.69) is 265 Å². The summed E-state index contributed by atoms with van der Waals surface area (Å²) in [5.74, 6) is 3.92. The molecule has 0 saturated heterocycles. The highest BCUT2D eigenvalue weighted by atomic mass is 79.9. The molecule has 0 spiro atoms. The molecule has 0 heterocycles. The van der Waals surface area contributed by atoms with Crippen LogP contribution in [-0.4, -0.2) is 73.3 Å². The summed E-state index contributed by atoms with van der Waals surface area (Å²) in [6.07, 6.45) is -2.33. The number of aliphatic hydroxyl groups is 3. The van der Waals surface area contributed by atoms with Crippen LogP contribution in [-0.2, 0) is 10.8 Å². The summed E-state index contributed by atoms with van der Waals surface area (Å²) < 4.78 is 46.2. The number of ether oxygens (including phenoxy) is 6. The zero-order valence-corrected chi connectivity index (χ0v) is 65.2. The van der Waals surface area contributed by atoms with Crippen LogP contribution in [0, 0.1) is 13.8 Å². The van der Waals surface area contributed by atoms with Crippen molar-refractivity contribution in [2.75, 3.05) is 39.6 Å². The first-order chi connectivity index (χ1) is 36.2. The SMILES string of the molecule is CC(C)(C)c1cc(Br)c(OCC(O)COc2c(Br)cc(Br)cc2Br)c(Br)c1.CC(C)(C)c1cc(Br)c(OCC(O)COc2c(Br)cc(Br)cc2Br)c(Br)c1.Cc1cc(Br)c(OCC(O)COc2c(Br)cc(C)cc2Br)c(Br)c1. The van der Waals surface area contributed by atoms with Crippen LogP contribution in [0.1, 0.15) is 63.8 Å². The lowest BCUT2D eigenvalue weighted by molar-refractivity contribution is 0.0615. The van der Waals surface area contributed by atoms with Crippen LogP contribution in [0.25, 0.3) is 0 Å². The van der Waals surface area contributed by atoms with Crippen molar-refractivity contribution >= 4 is 223 Å². The van der Waals surface area contributed by atoms with Gasteiger partial charge in [-0.05, 0) is 311 Å². The molecule has 6 aromatic rings. The minimum absolute atomic E-state index is 0.0301. The van der Waals surface area contributed by atoms with E-state index in [0.717, 1.165) is 73.7 Å². The number of benzene rings is 6. The van der Waals surface area contributed by atoms with Gasteiger partial charge in [-0.2, -0.15) is 0 Å². The molecule has 0 amide bonds. The summed E-state index contributed by atoms with van der Waals surface area (Å²) in [7, 11) is 0. The van der Waals surface area contributed by atoms with E-state index in [1.54, 1.807) is 0 Å². The molecule has 426 valence electrons. The number of hydrogen-bond acceptors (Lipinski definition) is 9. The Morgan fingerprint density at radius 2 is 0.449 bits per heavy atom. The van der Waals surface area contributed by atoms with Gasteiger partial charge in [0, 0.05) is 8.95 Å². The van der Waals surface area contributed by atoms with Crippen molar-refractivity contribution in [3.05, 3.63) is 158 Å². The van der Waals surface area contributed by atoms with Crippen molar-refractivity contribution < 1.29 is 43.7 Å². The molecule has 78 heavy (non-hydrogen) atoms. The summed E-state index contributed by atoms with van der Waals surface area (Å²) in [6, 6.07) is 23.5. The van der Waals surface area contributed by atoms with Gasteiger partial charge < -0.3 is 43.7 Å². The predicted molar refractivity (Wildman–Crippen MR) is 364 cm³/mol. The third kappa shape index (κ3) is 22.9. The highest BCUT2D eigenvalue weighted by molar-refractivity contribution is 9.13. The van der Waals surface area contributed by atoms with E-state index < -0.39 is 18.3 Å². The summed E-state index contributed by atoms with van der Waals surface area (Å²) in [4.78, 5) is 0. The van der Waals surface area contributed by atoms with E-state index in [-0.39, 0.29) is 50.5 Å². The second-order valence-electron chi connectivity index (χ2n) is 19.4. The van der Waals surface area contributed by atoms with Gasteiger partial charge in [0.25, 0.3) is 0 Å². The van der Waals surface area contributed by atoms with Crippen LogP contribution in [0.15, 0.2) is 135 Å². The fraction of sp³-hybridized carbons (Fsp3) is 0.345. The second kappa shape index (κ2) is 33.0.